The summed E-state index contributed by atoms with van der Waals surface area (Å²) in [5.41, 5.74) is 2.06. The topological polar surface area (TPSA) is 66.0 Å². The number of fused-ring (bicyclic) bond motifs is 1. The highest BCUT2D eigenvalue weighted by Gasteiger charge is 2.26. The minimum Gasteiger partial charge on any atom is -0.481 e. The van der Waals surface area contributed by atoms with E-state index in [0.717, 1.165) is 23.6 Å². The molecule has 1 aromatic rings. The number of carboxylic acids is 1. The minimum absolute atomic E-state index is 0.229. The van der Waals surface area contributed by atoms with Crippen LogP contribution in [-0.4, -0.2) is 21.0 Å². The van der Waals surface area contributed by atoms with Crippen molar-refractivity contribution < 1.29 is 9.90 Å². The lowest BCUT2D eigenvalue weighted by Crippen LogP contribution is -2.22. The predicted molar refractivity (Wildman–Crippen MR) is 46.5 cm³/mol. The highest BCUT2D eigenvalue weighted by atomic mass is 16.4. The zero-order chi connectivity index (χ0) is 9.42. The predicted octanol–water partition coefficient (Wildman–Crippen LogP) is 0.908. The highest BCUT2D eigenvalue weighted by molar-refractivity contribution is 5.70. The minimum atomic E-state index is -0.696. The monoisotopic (exact) mass is 180 g/mol. The van der Waals surface area contributed by atoms with E-state index in [2.05, 4.69) is 9.97 Å². The zero-order valence-electron chi connectivity index (χ0n) is 7.50. The van der Waals surface area contributed by atoms with Crippen LogP contribution in [0.25, 0.3) is 0 Å². The van der Waals surface area contributed by atoms with E-state index in [-0.39, 0.29) is 5.92 Å². The summed E-state index contributed by atoms with van der Waals surface area (Å²) >= 11 is 0. The van der Waals surface area contributed by atoms with Crippen LogP contribution in [0.4, 0.5) is 0 Å². The number of aromatic nitrogens is 2. The Balaban J connectivity index is 2.24. The number of imidazole rings is 1. The van der Waals surface area contributed by atoms with Crippen molar-refractivity contribution in [3.8, 4) is 0 Å². The van der Waals surface area contributed by atoms with Crippen molar-refractivity contribution in [3.05, 3.63) is 17.2 Å². The van der Waals surface area contributed by atoms with Crippen LogP contribution >= 0.6 is 0 Å². The summed E-state index contributed by atoms with van der Waals surface area (Å²) in [4.78, 5) is 18.1. The van der Waals surface area contributed by atoms with Crippen LogP contribution in [0.15, 0.2) is 0 Å². The molecule has 0 aromatic carbocycles. The molecule has 1 aromatic heterocycles. The first-order chi connectivity index (χ1) is 6.16. The summed E-state index contributed by atoms with van der Waals surface area (Å²) in [6.07, 6.45) is 2.11. The van der Waals surface area contributed by atoms with E-state index in [1.165, 1.54) is 0 Å². The fraction of sp³-hybridized carbons (Fsp3) is 0.556. The highest BCUT2D eigenvalue weighted by Crippen LogP contribution is 2.23. The molecule has 1 atom stereocenters. The van der Waals surface area contributed by atoms with Crippen LogP contribution in [0.3, 0.4) is 0 Å². The lowest BCUT2D eigenvalue weighted by molar-refractivity contribution is -0.142. The van der Waals surface area contributed by atoms with Gasteiger partial charge >= 0.3 is 5.97 Å². The fourth-order valence-corrected chi connectivity index (χ4v) is 1.83. The van der Waals surface area contributed by atoms with Gasteiger partial charge in [-0.25, -0.2) is 4.98 Å². The summed E-state index contributed by atoms with van der Waals surface area (Å²) < 4.78 is 0. The maximum atomic E-state index is 10.7. The Bertz CT molecular complexity index is 343. The van der Waals surface area contributed by atoms with Gasteiger partial charge in [-0.3, -0.25) is 4.79 Å². The van der Waals surface area contributed by atoms with E-state index in [9.17, 15) is 4.79 Å². The van der Waals surface area contributed by atoms with E-state index in [4.69, 9.17) is 5.11 Å². The van der Waals surface area contributed by atoms with Gasteiger partial charge in [0.15, 0.2) is 0 Å². The average molecular weight is 180 g/mol. The van der Waals surface area contributed by atoms with Gasteiger partial charge in [0.25, 0.3) is 0 Å². The normalized spacial score (nSPS) is 21.2. The maximum Gasteiger partial charge on any atom is 0.306 e. The molecule has 0 radical (unpaired) electrons. The number of aryl methyl sites for hydroxylation is 2. The van der Waals surface area contributed by atoms with Gasteiger partial charge in [-0.05, 0) is 19.8 Å². The van der Waals surface area contributed by atoms with E-state index < -0.39 is 5.97 Å². The van der Waals surface area contributed by atoms with E-state index in [1.54, 1.807) is 0 Å². The van der Waals surface area contributed by atoms with Crippen molar-refractivity contribution >= 4 is 5.97 Å². The number of H-pyrrole nitrogens is 1. The number of rotatable bonds is 1. The second-order valence-electron chi connectivity index (χ2n) is 3.53. The summed E-state index contributed by atoms with van der Waals surface area (Å²) in [7, 11) is 0. The molecular formula is C9H12N2O2. The Morgan fingerprint density at radius 1 is 1.69 bits per heavy atom. The molecule has 0 bridgehead atoms. The number of aromatic amines is 1. The second kappa shape index (κ2) is 2.87. The average Bonchev–Trinajstić information content (AvgIpc) is 2.42. The molecule has 0 saturated carbocycles. The molecule has 13 heavy (non-hydrogen) atoms. The number of aliphatic carboxylic acids is 1. The summed E-state index contributed by atoms with van der Waals surface area (Å²) in [6, 6.07) is 0. The molecule has 0 spiro atoms. The Labute approximate surface area is 76.0 Å². The Morgan fingerprint density at radius 3 is 3.15 bits per heavy atom. The van der Waals surface area contributed by atoms with Crippen LogP contribution < -0.4 is 0 Å². The number of hydrogen-bond acceptors (Lipinski definition) is 2. The van der Waals surface area contributed by atoms with Crippen LogP contribution in [0, 0.1) is 12.8 Å². The molecule has 1 aliphatic carbocycles. The molecule has 4 heteroatoms. The van der Waals surface area contributed by atoms with Gasteiger partial charge in [0.2, 0.25) is 0 Å². The number of hydrogen-bond donors (Lipinski definition) is 2. The molecule has 1 heterocycles. The van der Waals surface area contributed by atoms with Crippen molar-refractivity contribution in [2.45, 2.75) is 26.2 Å². The van der Waals surface area contributed by atoms with E-state index in [0.29, 0.717) is 12.8 Å². The largest absolute Gasteiger partial charge is 0.481 e. The molecule has 1 aliphatic rings. The Kier molecular flexibility index (Phi) is 1.83. The zero-order valence-corrected chi connectivity index (χ0v) is 7.50. The third-order valence-corrected chi connectivity index (χ3v) is 2.51. The van der Waals surface area contributed by atoms with Gasteiger partial charge in [-0.1, -0.05) is 0 Å². The molecule has 0 amide bonds. The summed E-state index contributed by atoms with van der Waals surface area (Å²) in [6.45, 7) is 1.90. The molecule has 2 N–H and O–H groups in total. The van der Waals surface area contributed by atoms with E-state index >= 15 is 0 Å². The smallest absolute Gasteiger partial charge is 0.306 e. The van der Waals surface area contributed by atoms with Crippen molar-refractivity contribution in [1.29, 1.82) is 0 Å². The summed E-state index contributed by atoms with van der Waals surface area (Å²) in [5, 5.41) is 8.84. The first-order valence-corrected chi connectivity index (χ1v) is 4.44. The standard InChI is InChI=1S/C9H12N2O2/c1-5-10-7-3-2-6(9(12)13)4-8(7)11-5/h6H,2-4H2,1H3,(H,10,11)(H,12,13)/t6-/m0/s1. The molecule has 0 aliphatic heterocycles. The lowest BCUT2D eigenvalue weighted by Gasteiger charge is -2.16. The number of nitrogens with one attached hydrogen (secondary N) is 1. The number of carboxylic acid groups (broad SMARTS) is 1. The van der Waals surface area contributed by atoms with Crippen LogP contribution in [-0.2, 0) is 17.6 Å². The quantitative estimate of drug-likeness (QED) is 0.675. The van der Waals surface area contributed by atoms with Crippen molar-refractivity contribution in [3.63, 3.8) is 0 Å². The van der Waals surface area contributed by atoms with E-state index in [1.807, 2.05) is 6.92 Å². The molecule has 2 rings (SSSR count). The second-order valence-corrected chi connectivity index (χ2v) is 3.53. The van der Waals surface area contributed by atoms with Crippen molar-refractivity contribution in [2.75, 3.05) is 0 Å². The molecule has 0 saturated heterocycles. The Morgan fingerprint density at radius 2 is 2.46 bits per heavy atom. The molecule has 70 valence electrons. The molecular weight excluding hydrogens is 168 g/mol. The van der Waals surface area contributed by atoms with Gasteiger partial charge in [0, 0.05) is 12.1 Å². The van der Waals surface area contributed by atoms with Crippen LogP contribution in [0.5, 0.6) is 0 Å². The van der Waals surface area contributed by atoms with Gasteiger partial charge in [0.1, 0.15) is 5.82 Å². The van der Waals surface area contributed by atoms with Gasteiger partial charge < -0.3 is 10.1 Å². The van der Waals surface area contributed by atoms with Gasteiger partial charge in [-0.15, -0.1) is 0 Å². The lowest BCUT2D eigenvalue weighted by atomic mass is 9.90. The molecule has 0 fully saturated rings. The third-order valence-electron chi connectivity index (χ3n) is 2.51. The van der Waals surface area contributed by atoms with Crippen molar-refractivity contribution in [1.82, 2.24) is 9.97 Å². The maximum absolute atomic E-state index is 10.7. The first-order valence-electron chi connectivity index (χ1n) is 4.44. The molecule has 4 nitrogen and oxygen atoms in total. The summed E-state index contributed by atoms with van der Waals surface area (Å²) in [5.74, 6) is -0.0405. The first kappa shape index (κ1) is 8.29. The molecule has 0 unspecified atom stereocenters. The SMILES string of the molecule is Cc1nc2c([nH]1)C[C@@H](C(=O)O)CC2. The van der Waals surface area contributed by atoms with Crippen LogP contribution in [0.1, 0.15) is 23.6 Å². The van der Waals surface area contributed by atoms with Gasteiger partial charge in [0.05, 0.1) is 11.6 Å². The van der Waals surface area contributed by atoms with Crippen LogP contribution in [0.2, 0.25) is 0 Å². The Hall–Kier alpha value is -1.32. The number of carbonyl (C=O) groups is 1. The third kappa shape index (κ3) is 1.43. The van der Waals surface area contributed by atoms with Gasteiger partial charge in [-0.2, -0.15) is 0 Å². The van der Waals surface area contributed by atoms with Crippen molar-refractivity contribution in [2.24, 2.45) is 5.92 Å². The fourth-order valence-electron chi connectivity index (χ4n) is 1.83. The number of nitrogens with zero attached hydrogens (tertiary/aromatic N) is 1.